The molecular formula is C14H18N2O2. The molecule has 1 aromatic heterocycles. The molecule has 0 aliphatic rings. The van der Waals surface area contributed by atoms with Crippen molar-refractivity contribution in [3.8, 4) is 0 Å². The number of carbonyl (C=O) groups is 1. The zero-order valence-electron chi connectivity index (χ0n) is 10.6. The number of benzene rings is 1. The van der Waals surface area contributed by atoms with Crippen molar-refractivity contribution in [1.29, 1.82) is 0 Å². The van der Waals surface area contributed by atoms with Gasteiger partial charge in [0.15, 0.2) is 0 Å². The van der Waals surface area contributed by atoms with E-state index in [1.807, 2.05) is 26.0 Å². The Morgan fingerprint density at radius 3 is 2.89 bits per heavy atom. The van der Waals surface area contributed by atoms with Gasteiger partial charge in [0.2, 0.25) is 0 Å². The molecule has 1 heterocycles. The molecule has 1 unspecified atom stereocenters. The molecule has 96 valence electrons. The molecule has 1 atom stereocenters. The molecular weight excluding hydrogens is 228 g/mol. The van der Waals surface area contributed by atoms with Crippen LogP contribution < -0.4 is 11.1 Å². The lowest BCUT2D eigenvalue weighted by atomic mass is 10.1. The van der Waals surface area contributed by atoms with E-state index in [1.165, 1.54) is 0 Å². The summed E-state index contributed by atoms with van der Waals surface area (Å²) in [6, 6.07) is 7.20. The quantitative estimate of drug-likeness (QED) is 0.868. The van der Waals surface area contributed by atoms with Crippen LogP contribution in [-0.2, 0) is 0 Å². The standard InChI is InChI=1S/C14H18N2O2/c1-9(2)12(15)8-16-14(17)11-4-3-5-13-10(11)6-7-18-13/h3-7,9,12H,8,15H2,1-2H3,(H,16,17). The summed E-state index contributed by atoms with van der Waals surface area (Å²) in [4.78, 5) is 12.1. The van der Waals surface area contributed by atoms with E-state index in [1.54, 1.807) is 18.4 Å². The molecule has 0 fully saturated rings. The highest BCUT2D eigenvalue weighted by Gasteiger charge is 2.13. The number of nitrogens with two attached hydrogens (primary N) is 1. The van der Waals surface area contributed by atoms with Gasteiger partial charge in [0.1, 0.15) is 5.58 Å². The number of fused-ring (bicyclic) bond motifs is 1. The molecule has 0 saturated carbocycles. The maximum absolute atomic E-state index is 12.1. The van der Waals surface area contributed by atoms with Gasteiger partial charge in [-0.1, -0.05) is 19.9 Å². The fourth-order valence-electron chi connectivity index (χ4n) is 1.73. The van der Waals surface area contributed by atoms with E-state index < -0.39 is 0 Å². The number of furan rings is 1. The second kappa shape index (κ2) is 5.23. The number of rotatable bonds is 4. The van der Waals surface area contributed by atoms with Crippen molar-refractivity contribution in [2.45, 2.75) is 19.9 Å². The van der Waals surface area contributed by atoms with Gasteiger partial charge in [-0.25, -0.2) is 0 Å². The minimum Gasteiger partial charge on any atom is -0.464 e. The molecule has 1 amide bonds. The summed E-state index contributed by atoms with van der Waals surface area (Å²) in [5.41, 5.74) is 7.24. The van der Waals surface area contributed by atoms with Crippen molar-refractivity contribution in [1.82, 2.24) is 5.32 Å². The third-order valence-electron chi connectivity index (χ3n) is 3.10. The molecule has 1 aromatic carbocycles. The van der Waals surface area contributed by atoms with Crippen LogP contribution in [0.3, 0.4) is 0 Å². The molecule has 0 saturated heterocycles. The van der Waals surface area contributed by atoms with Crippen molar-refractivity contribution < 1.29 is 9.21 Å². The van der Waals surface area contributed by atoms with Crippen LogP contribution in [0.2, 0.25) is 0 Å². The van der Waals surface area contributed by atoms with Gasteiger partial charge in [0.05, 0.1) is 11.8 Å². The molecule has 4 nitrogen and oxygen atoms in total. The van der Waals surface area contributed by atoms with Gasteiger partial charge >= 0.3 is 0 Å². The molecule has 0 aliphatic heterocycles. The Labute approximate surface area is 106 Å². The van der Waals surface area contributed by atoms with Crippen molar-refractivity contribution in [3.05, 3.63) is 36.1 Å². The second-order valence-electron chi connectivity index (χ2n) is 4.76. The number of amides is 1. The van der Waals surface area contributed by atoms with Gasteiger partial charge < -0.3 is 15.5 Å². The van der Waals surface area contributed by atoms with Crippen molar-refractivity contribution in [2.24, 2.45) is 11.7 Å². The van der Waals surface area contributed by atoms with Crippen LogP contribution in [0.4, 0.5) is 0 Å². The van der Waals surface area contributed by atoms with E-state index in [-0.39, 0.29) is 11.9 Å². The molecule has 2 rings (SSSR count). The van der Waals surface area contributed by atoms with Gasteiger partial charge in [-0.3, -0.25) is 4.79 Å². The first-order chi connectivity index (χ1) is 8.59. The number of hydrogen-bond acceptors (Lipinski definition) is 3. The molecule has 2 aromatic rings. The number of carbonyl (C=O) groups excluding carboxylic acids is 1. The predicted molar refractivity (Wildman–Crippen MR) is 71.4 cm³/mol. The van der Waals surface area contributed by atoms with Crippen LogP contribution >= 0.6 is 0 Å². The van der Waals surface area contributed by atoms with Crippen LogP contribution in [-0.4, -0.2) is 18.5 Å². The first-order valence-corrected chi connectivity index (χ1v) is 6.09. The van der Waals surface area contributed by atoms with Crippen LogP contribution in [0.1, 0.15) is 24.2 Å². The third kappa shape index (κ3) is 2.54. The van der Waals surface area contributed by atoms with Crippen LogP contribution in [0, 0.1) is 5.92 Å². The predicted octanol–water partition coefficient (Wildman–Crippen LogP) is 2.15. The highest BCUT2D eigenvalue weighted by atomic mass is 16.3. The minimum absolute atomic E-state index is 0.0301. The van der Waals surface area contributed by atoms with Gasteiger partial charge in [0.25, 0.3) is 5.91 Å². The summed E-state index contributed by atoms with van der Waals surface area (Å²) < 4.78 is 5.27. The Morgan fingerprint density at radius 1 is 1.39 bits per heavy atom. The van der Waals surface area contributed by atoms with E-state index in [9.17, 15) is 4.79 Å². The largest absolute Gasteiger partial charge is 0.464 e. The van der Waals surface area contributed by atoms with Gasteiger partial charge in [-0.05, 0) is 24.1 Å². The summed E-state index contributed by atoms with van der Waals surface area (Å²) in [6.45, 7) is 4.55. The van der Waals surface area contributed by atoms with Crippen LogP contribution in [0.5, 0.6) is 0 Å². The fraction of sp³-hybridized carbons (Fsp3) is 0.357. The molecule has 0 radical (unpaired) electrons. The first kappa shape index (κ1) is 12.6. The highest BCUT2D eigenvalue weighted by molar-refractivity contribution is 6.05. The number of hydrogen-bond donors (Lipinski definition) is 2. The Kier molecular flexibility index (Phi) is 3.67. The van der Waals surface area contributed by atoms with Gasteiger partial charge in [0, 0.05) is 18.0 Å². The van der Waals surface area contributed by atoms with E-state index >= 15 is 0 Å². The monoisotopic (exact) mass is 246 g/mol. The average Bonchev–Trinajstić information content (AvgIpc) is 2.83. The lowest BCUT2D eigenvalue weighted by Gasteiger charge is -2.16. The third-order valence-corrected chi connectivity index (χ3v) is 3.10. The molecule has 0 aliphatic carbocycles. The lowest BCUT2D eigenvalue weighted by molar-refractivity contribution is 0.0951. The minimum atomic E-state index is -0.113. The first-order valence-electron chi connectivity index (χ1n) is 6.09. The van der Waals surface area contributed by atoms with E-state index in [2.05, 4.69) is 5.32 Å². The summed E-state index contributed by atoms with van der Waals surface area (Å²) >= 11 is 0. The summed E-state index contributed by atoms with van der Waals surface area (Å²) in [6.07, 6.45) is 1.58. The molecule has 0 bridgehead atoms. The lowest BCUT2D eigenvalue weighted by Crippen LogP contribution is -2.40. The van der Waals surface area contributed by atoms with Crippen molar-refractivity contribution in [2.75, 3.05) is 6.54 Å². The molecule has 3 N–H and O–H groups in total. The Morgan fingerprint density at radius 2 is 2.17 bits per heavy atom. The summed E-state index contributed by atoms with van der Waals surface area (Å²) in [5.74, 6) is 0.230. The van der Waals surface area contributed by atoms with E-state index in [0.29, 0.717) is 18.0 Å². The van der Waals surface area contributed by atoms with Crippen molar-refractivity contribution >= 4 is 16.9 Å². The van der Waals surface area contributed by atoms with Crippen LogP contribution in [0.25, 0.3) is 11.0 Å². The maximum atomic E-state index is 12.1. The second-order valence-corrected chi connectivity index (χ2v) is 4.76. The fourth-order valence-corrected chi connectivity index (χ4v) is 1.73. The Hall–Kier alpha value is -1.81. The van der Waals surface area contributed by atoms with Gasteiger partial charge in [-0.2, -0.15) is 0 Å². The SMILES string of the molecule is CC(C)C(N)CNC(=O)c1cccc2occc12. The number of nitrogens with one attached hydrogen (secondary N) is 1. The van der Waals surface area contributed by atoms with Crippen LogP contribution in [0.15, 0.2) is 34.9 Å². The molecule has 0 spiro atoms. The normalized spacial score (nSPS) is 12.9. The smallest absolute Gasteiger partial charge is 0.252 e. The summed E-state index contributed by atoms with van der Waals surface area (Å²) in [5, 5.41) is 3.68. The Balaban J connectivity index is 2.12. The zero-order valence-corrected chi connectivity index (χ0v) is 10.6. The molecule has 4 heteroatoms. The zero-order chi connectivity index (χ0) is 13.1. The van der Waals surface area contributed by atoms with E-state index in [4.69, 9.17) is 10.2 Å². The topological polar surface area (TPSA) is 68.3 Å². The van der Waals surface area contributed by atoms with Gasteiger partial charge in [-0.15, -0.1) is 0 Å². The summed E-state index contributed by atoms with van der Waals surface area (Å²) in [7, 11) is 0. The average molecular weight is 246 g/mol. The Bertz CT molecular complexity index is 545. The maximum Gasteiger partial charge on any atom is 0.252 e. The van der Waals surface area contributed by atoms with Crippen molar-refractivity contribution in [3.63, 3.8) is 0 Å². The highest BCUT2D eigenvalue weighted by Crippen LogP contribution is 2.19. The molecule has 18 heavy (non-hydrogen) atoms. The van der Waals surface area contributed by atoms with E-state index in [0.717, 1.165) is 11.0 Å².